The van der Waals surface area contributed by atoms with E-state index in [4.69, 9.17) is 10.7 Å². The standard InChI is InChI=1S/C41H46N10O7/c1-47-18-19-50(41(47)58)27-4-3-15-49(23-27)32-21-44-36(37(42)54)30(45-32)20-24-7-9-25(10-8-24)26-13-16-48(17-14-26)34(53)22-43-29-6-2-5-28-35(29)40(57)51(39(28)56)31-11-12-33(52)46-38(31)55/h2,5-10,21,26-27,31,43H,3-4,11-20,22-23H2,1H3,(H2,42,54)(H,46,52,55)/t27-,31?/m1/s1. The molecule has 2 atom stereocenters. The van der Waals surface area contributed by atoms with Gasteiger partial charge in [-0.3, -0.25) is 39.0 Å². The normalized spacial score (nSPS) is 21.5. The van der Waals surface area contributed by atoms with E-state index in [2.05, 4.69) is 32.7 Å². The van der Waals surface area contributed by atoms with E-state index >= 15 is 0 Å². The van der Waals surface area contributed by atoms with Crippen LogP contribution < -0.4 is 21.3 Å². The average Bonchev–Trinajstić information content (AvgIpc) is 3.70. The van der Waals surface area contributed by atoms with Crippen LogP contribution in [-0.2, 0) is 20.8 Å². The summed E-state index contributed by atoms with van der Waals surface area (Å²) >= 11 is 0. The maximum atomic E-state index is 13.4. The molecule has 0 spiro atoms. The second-order valence-corrected chi connectivity index (χ2v) is 15.6. The van der Waals surface area contributed by atoms with Crippen molar-refractivity contribution < 1.29 is 33.6 Å². The molecule has 4 saturated heterocycles. The number of amides is 8. The number of urea groups is 1. The molecule has 0 saturated carbocycles. The molecule has 2 aromatic carbocycles. The minimum atomic E-state index is -1.07. The largest absolute Gasteiger partial charge is 0.375 e. The number of carbonyl (C=O) groups excluding carboxylic acids is 7. The molecular formula is C41H46N10O7. The maximum absolute atomic E-state index is 13.4. The van der Waals surface area contributed by atoms with Crippen LogP contribution in [0.3, 0.4) is 0 Å². The van der Waals surface area contributed by atoms with Crippen LogP contribution in [0, 0.1) is 0 Å². The average molecular weight is 791 g/mol. The number of nitrogens with two attached hydrogens (primary N) is 1. The zero-order chi connectivity index (χ0) is 40.7. The fourth-order valence-electron chi connectivity index (χ4n) is 8.83. The van der Waals surface area contributed by atoms with Crippen molar-refractivity contribution in [1.82, 2.24) is 34.9 Å². The molecule has 6 heterocycles. The van der Waals surface area contributed by atoms with Gasteiger partial charge in [0.25, 0.3) is 17.7 Å². The molecule has 1 unspecified atom stereocenters. The van der Waals surface area contributed by atoms with E-state index in [0.717, 1.165) is 48.3 Å². The van der Waals surface area contributed by atoms with Crippen LogP contribution in [0.25, 0.3) is 0 Å². The van der Waals surface area contributed by atoms with Gasteiger partial charge in [-0.2, -0.15) is 0 Å². The molecule has 3 aromatic rings. The number of nitrogens with one attached hydrogen (secondary N) is 2. The number of fused-ring (bicyclic) bond motifs is 1. The summed E-state index contributed by atoms with van der Waals surface area (Å²) in [5.74, 6) is -2.25. The van der Waals surface area contributed by atoms with Gasteiger partial charge in [-0.15, -0.1) is 0 Å². The summed E-state index contributed by atoms with van der Waals surface area (Å²) in [5.41, 5.74) is 9.04. The van der Waals surface area contributed by atoms with Crippen LogP contribution in [0.4, 0.5) is 16.3 Å². The summed E-state index contributed by atoms with van der Waals surface area (Å²) in [6, 6.07) is 12.0. The van der Waals surface area contributed by atoms with E-state index in [-0.39, 0.29) is 60.1 Å². The Bertz CT molecular complexity index is 2190. The molecule has 58 heavy (non-hydrogen) atoms. The smallest absolute Gasteiger partial charge is 0.320 e. The molecule has 8 rings (SSSR count). The number of piperidine rings is 3. The minimum absolute atomic E-state index is 0.0270. The van der Waals surface area contributed by atoms with Gasteiger partial charge in [0.05, 0.1) is 35.6 Å². The molecule has 1 aromatic heterocycles. The fraction of sp³-hybridized carbons (Fsp3) is 0.439. The molecular weight excluding hydrogens is 745 g/mol. The third kappa shape index (κ3) is 7.43. The third-order valence-corrected chi connectivity index (χ3v) is 12.0. The minimum Gasteiger partial charge on any atom is -0.375 e. The highest BCUT2D eigenvalue weighted by Gasteiger charge is 2.45. The molecule has 8 amide bonds. The number of likely N-dealkylation sites (tertiary alicyclic amines) is 1. The monoisotopic (exact) mass is 790 g/mol. The molecule has 4 N–H and O–H groups in total. The van der Waals surface area contributed by atoms with E-state index in [0.29, 0.717) is 56.3 Å². The second kappa shape index (κ2) is 15.9. The van der Waals surface area contributed by atoms with E-state index < -0.39 is 35.6 Å². The first-order valence-electron chi connectivity index (χ1n) is 19.8. The predicted molar refractivity (Wildman–Crippen MR) is 210 cm³/mol. The summed E-state index contributed by atoms with van der Waals surface area (Å²) in [5, 5.41) is 5.25. The van der Waals surface area contributed by atoms with E-state index in [9.17, 15) is 33.6 Å². The lowest BCUT2D eigenvalue weighted by Gasteiger charge is -2.37. The van der Waals surface area contributed by atoms with Crippen LogP contribution >= 0.6 is 0 Å². The Hall–Kier alpha value is -6.39. The highest BCUT2D eigenvalue weighted by atomic mass is 16.2. The van der Waals surface area contributed by atoms with Gasteiger partial charge in [0, 0.05) is 64.8 Å². The number of benzene rings is 2. The van der Waals surface area contributed by atoms with E-state index in [1.807, 2.05) is 24.1 Å². The quantitative estimate of drug-likeness (QED) is 0.252. The first kappa shape index (κ1) is 38.5. The molecule has 302 valence electrons. The number of likely N-dealkylation sites (N-methyl/N-ethyl adjacent to an activating group) is 1. The second-order valence-electron chi connectivity index (χ2n) is 15.6. The van der Waals surface area contributed by atoms with Gasteiger partial charge in [0.1, 0.15) is 17.6 Å². The van der Waals surface area contributed by atoms with Gasteiger partial charge >= 0.3 is 6.03 Å². The Morgan fingerprint density at radius 1 is 0.914 bits per heavy atom. The number of aromatic nitrogens is 2. The van der Waals surface area contributed by atoms with Gasteiger partial charge in [-0.25, -0.2) is 14.8 Å². The van der Waals surface area contributed by atoms with Crippen molar-refractivity contribution in [2.45, 2.75) is 62.9 Å². The van der Waals surface area contributed by atoms with Crippen LogP contribution in [0.15, 0.2) is 48.7 Å². The molecule has 0 bridgehead atoms. The zero-order valence-electron chi connectivity index (χ0n) is 32.3. The first-order valence-corrected chi connectivity index (χ1v) is 19.8. The number of primary amides is 1. The van der Waals surface area contributed by atoms with Crippen molar-refractivity contribution in [3.8, 4) is 0 Å². The van der Waals surface area contributed by atoms with Crippen molar-refractivity contribution in [2.75, 3.05) is 63.1 Å². The van der Waals surface area contributed by atoms with E-state index in [1.165, 1.54) is 6.07 Å². The number of hydrogen-bond donors (Lipinski definition) is 3. The third-order valence-electron chi connectivity index (χ3n) is 12.0. The topological polar surface area (TPSA) is 212 Å². The molecule has 4 fully saturated rings. The summed E-state index contributed by atoms with van der Waals surface area (Å²) in [6.07, 6.45) is 5.40. The lowest BCUT2D eigenvalue weighted by molar-refractivity contribution is -0.136. The number of carbonyl (C=O) groups is 7. The number of nitrogens with zero attached hydrogens (tertiary/aromatic N) is 7. The molecule has 17 heteroatoms. The number of rotatable bonds is 10. The Morgan fingerprint density at radius 3 is 2.40 bits per heavy atom. The van der Waals surface area contributed by atoms with Gasteiger partial charge in [0.15, 0.2) is 0 Å². The van der Waals surface area contributed by atoms with Crippen LogP contribution in [-0.4, -0.2) is 136 Å². The summed E-state index contributed by atoms with van der Waals surface area (Å²) < 4.78 is 0. The van der Waals surface area contributed by atoms with Gasteiger partial charge in [0.2, 0.25) is 17.7 Å². The van der Waals surface area contributed by atoms with Gasteiger partial charge in [-0.1, -0.05) is 30.3 Å². The van der Waals surface area contributed by atoms with Gasteiger partial charge < -0.3 is 30.7 Å². The van der Waals surface area contributed by atoms with Crippen molar-refractivity contribution in [3.05, 3.63) is 82.3 Å². The highest BCUT2D eigenvalue weighted by molar-refractivity contribution is 6.25. The van der Waals surface area contributed by atoms with Crippen molar-refractivity contribution in [1.29, 1.82) is 0 Å². The van der Waals surface area contributed by atoms with Crippen LogP contribution in [0.1, 0.15) is 92.5 Å². The SMILES string of the molecule is CN1CCN([C@@H]2CCCN(c3cnc(C(N)=O)c(Cc4ccc(C5CCN(C(=O)CNc6cccc7c6C(=O)N(C6CCC(=O)NC6=O)C7=O)CC5)cc4)n3)C2)C1=O. The Labute approximate surface area is 334 Å². The number of imide groups is 2. The lowest BCUT2D eigenvalue weighted by atomic mass is 9.88. The Morgan fingerprint density at radius 2 is 1.69 bits per heavy atom. The fourth-order valence-corrected chi connectivity index (χ4v) is 8.83. The van der Waals surface area contributed by atoms with Crippen molar-refractivity contribution in [3.63, 3.8) is 0 Å². The molecule has 0 aliphatic carbocycles. The highest BCUT2D eigenvalue weighted by Crippen LogP contribution is 2.33. The van der Waals surface area contributed by atoms with Crippen molar-refractivity contribution in [2.24, 2.45) is 5.73 Å². The zero-order valence-corrected chi connectivity index (χ0v) is 32.3. The Kier molecular flexibility index (Phi) is 10.5. The van der Waals surface area contributed by atoms with Crippen molar-refractivity contribution >= 4 is 53.0 Å². The van der Waals surface area contributed by atoms with E-state index in [1.54, 1.807) is 28.1 Å². The summed E-state index contributed by atoms with van der Waals surface area (Å²) in [7, 11) is 1.82. The van der Waals surface area contributed by atoms with Gasteiger partial charge in [-0.05, 0) is 61.3 Å². The van der Waals surface area contributed by atoms with Crippen LogP contribution in [0.5, 0.6) is 0 Å². The number of anilines is 2. The summed E-state index contributed by atoms with van der Waals surface area (Å²) in [4.78, 5) is 107. The van der Waals surface area contributed by atoms with Crippen LogP contribution in [0.2, 0.25) is 0 Å². The predicted octanol–water partition coefficient (Wildman–Crippen LogP) is 1.72. The summed E-state index contributed by atoms with van der Waals surface area (Å²) in [6.45, 7) is 3.85. The maximum Gasteiger partial charge on any atom is 0.320 e. The first-order chi connectivity index (χ1) is 28.0. The molecule has 5 aliphatic rings. The molecule has 5 aliphatic heterocycles. The lowest BCUT2D eigenvalue weighted by Crippen LogP contribution is -2.54. The molecule has 17 nitrogen and oxygen atoms in total. The molecule has 0 radical (unpaired) electrons. The Balaban J connectivity index is 0.858. The number of hydrogen-bond acceptors (Lipinski definition) is 11.